The van der Waals surface area contributed by atoms with E-state index in [0.717, 1.165) is 16.0 Å². The maximum absolute atomic E-state index is 11.3. The highest BCUT2D eigenvalue weighted by Crippen LogP contribution is 2.37. The smallest absolute Gasteiger partial charge is 0.291 e. The first-order valence-electron chi connectivity index (χ1n) is 6.44. The molecule has 0 amide bonds. The van der Waals surface area contributed by atoms with Crippen LogP contribution < -0.4 is 4.74 Å². The van der Waals surface area contributed by atoms with Crippen molar-refractivity contribution in [3.05, 3.63) is 75.5 Å². The number of nitrogens with zero attached hydrogens (tertiary/aromatic N) is 1. The SMILES string of the molecule is CSc1ccc(C2Oc3ccccc3C=C2[N+](=O)[O-])cc1. The second-order valence-electron chi connectivity index (χ2n) is 4.64. The molecule has 0 bridgehead atoms. The second kappa shape index (κ2) is 5.61. The van der Waals surface area contributed by atoms with E-state index in [4.69, 9.17) is 4.74 Å². The minimum Gasteiger partial charge on any atom is -0.474 e. The highest BCUT2D eigenvalue weighted by Gasteiger charge is 2.32. The standard InChI is InChI=1S/C16H13NO3S/c1-21-13-8-6-11(7-9-13)16-14(17(18)19)10-12-4-2-3-5-15(12)20-16/h2-10,16H,1H3. The van der Waals surface area contributed by atoms with E-state index < -0.39 is 6.10 Å². The Morgan fingerprint density at radius 2 is 1.86 bits per heavy atom. The lowest BCUT2D eigenvalue weighted by molar-refractivity contribution is -0.434. The van der Waals surface area contributed by atoms with Crippen LogP contribution in [-0.2, 0) is 0 Å². The number of para-hydroxylation sites is 1. The maximum atomic E-state index is 11.3. The van der Waals surface area contributed by atoms with E-state index in [-0.39, 0.29) is 10.6 Å². The van der Waals surface area contributed by atoms with Crippen LogP contribution in [-0.4, -0.2) is 11.2 Å². The molecule has 1 unspecified atom stereocenters. The summed E-state index contributed by atoms with van der Waals surface area (Å²) < 4.78 is 5.85. The summed E-state index contributed by atoms with van der Waals surface area (Å²) in [6, 6.07) is 15.0. The van der Waals surface area contributed by atoms with Crippen molar-refractivity contribution >= 4 is 17.8 Å². The van der Waals surface area contributed by atoms with Crippen molar-refractivity contribution in [1.29, 1.82) is 0 Å². The third kappa shape index (κ3) is 2.64. The molecule has 2 aromatic carbocycles. The predicted molar refractivity (Wildman–Crippen MR) is 83.0 cm³/mol. The molecule has 0 saturated heterocycles. The van der Waals surface area contributed by atoms with Crippen LogP contribution in [0.1, 0.15) is 17.2 Å². The van der Waals surface area contributed by atoms with Gasteiger partial charge in [0.1, 0.15) is 5.75 Å². The van der Waals surface area contributed by atoms with Gasteiger partial charge in [-0.25, -0.2) is 0 Å². The van der Waals surface area contributed by atoms with Crippen LogP contribution in [0.15, 0.2) is 59.1 Å². The maximum Gasteiger partial charge on any atom is 0.291 e. The van der Waals surface area contributed by atoms with Gasteiger partial charge in [-0.3, -0.25) is 10.1 Å². The van der Waals surface area contributed by atoms with Crippen molar-refractivity contribution in [2.75, 3.05) is 6.26 Å². The van der Waals surface area contributed by atoms with Crippen molar-refractivity contribution in [2.45, 2.75) is 11.0 Å². The minimum absolute atomic E-state index is 0.0607. The normalized spacial score (nSPS) is 16.6. The van der Waals surface area contributed by atoms with Gasteiger partial charge in [-0.1, -0.05) is 30.3 Å². The quantitative estimate of drug-likeness (QED) is 0.485. The fourth-order valence-corrected chi connectivity index (χ4v) is 2.70. The van der Waals surface area contributed by atoms with E-state index in [1.807, 2.05) is 54.8 Å². The number of hydrogen-bond donors (Lipinski definition) is 0. The number of benzene rings is 2. The summed E-state index contributed by atoms with van der Waals surface area (Å²) in [6.07, 6.45) is 2.90. The highest BCUT2D eigenvalue weighted by molar-refractivity contribution is 7.98. The average molecular weight is 299 g/mol. The molecular weight excluding hydrogens is 286 g/mol. The number of hydrogen-bond acceptors (Lipinski definition) is 4. The van der Waals surface area contributed by atoms with Crippen molar-refractivity contribution in [3.63, 3.8) is 0 Å². The Morgan fingerprint density at radius 1 is 1.14 bits per heavy atom. The molecule has 0 fully saturated rings. The van der Waals surface area contributed by atoms with Crippen LogP contribution in [0.5, 0.6) is 5.75 Å². The van der Waals surface area contributed by atoms with Crippen molar-refractivity contribution < 1.29 is 9.66 Å². The molecule has 1 aliphatic rings. The van der Waals surface area contributed by atoms with E-state index in [0.29, 0.717) is 5.75 Å². The summed E-state index contributed by atoms with van der Waals surface area (Å²) in [5.41, 5.74) is 1.58. The molecule has 5 heteroatoms. The summed E-state index contributed by atoms with van der Waals surface area (Å²) >= 11 is 1.63. The van der Waals surface area contributed by atoms with Gasteiger partial charge >= 0.3 is 0 Å². The van der Waals surface area contributed by atoms with Crippen LogP contribution >= 0.6 is 11.8 Å². The molecule has 106 valence electrons. The van der Waals surface area contributed by atoms with E-state index in [2.05, 4.69) is 0 Å². The Hall–Kier alpha value is -2.27. The summed E-state index contributed by atoms with van der Waals surface area (Å²) in [5, 5.41) is 11.3. The molecule has 2 aromatic rings. The van der Waals surface area contributed by atoms with Gasteiger partial charge in [0, 0.05) is 22.1 Å². The monoisotopic (exact) mass is 299 g/mol. The van der Waals surface area contributed by atoms with Crippen molar-refractivity contribution in [2.24, 2.45) is 0 Å². The average Bonchev–Trinajstić information content (AvgIpc) is 2.53. The molecule has 0 spiro atoms. The van der Waals surface area contributed by atoms with Crippen LogP contribution in [0.3, 0.4) is 0 Å². The molecule has 1 heterocycles. The first-order valence-corrected chi connectivity index (χ1v) is 7.67. The van der Waals surface area contributed by atoms with Crippen LogP contribution in [0.4, 0.5) is 0 Å². The minimum atomic E-state index is -0.675. The molecule has 0 N–H and O–H groups in total. The van der Waals surface area contributed by atoms with Gasteiger partial charge in [-0.05, 0) is 24.5 Å². The van der Waals surface area contributed by atoms with Crippen LogP contribution in [0, 0.1) is 10.1 Å². The molecule has 0 aliphatic carbocycles. The Balaban J connectivity index is 2.03. The van der Waals surface area contributed by atoms with E-state index in [9.17, 15) is 10.1 Å². The third-order valence-electron chi connectivity index (χ3n) is 3.37. The Labute approximate surface area is 126 Å². The molecule has 21 heavy (non-hydrogen) atoms. The zero-order valence-electron chi connectivity index (χ0n) is 11.4. The molecule has 0 saturated carbocycles. The zero-order valence-corrected chi connectivity index (χ0v) is 12.2. The van der Waals surface area contributed by atoms with Gasteiger partial charge in [0.25, 0.3) is 5.70 Å². The molecule has 3 rings (SSSR count). The van der Waals surface area contributed by atoms with Crippen molar-refractivity contribution in [1.82, 2.24) is 0 Å². The van der Waals surface area contributed by atoms with Crippen LogP contribution in [0.2, 0.25) is 0 Å². The predicted octanol–water partition coefficient (Wildman–Crippen LogP) is 4.16. The summed E-state index contributed by atoms with van der Waals surface area (Å²) in [6.45, 7) is 0. The number of fused-ring (bicyclic) bond motifs is 1. The number of thioether (sulfide) groups is 1. The van der Waals surface area contributed by atoms with Gasteiger partial charge < -0.3 is 4.74 Å². The topological polar surface area (TPSA) is 52.4 Å². The molecule has 0 radical (unpaired) electrons. The largest absolute Gasteiger partial charge is 0.474 e. The first kappa shape index (κ1) is 13.7. The Morgan fingerprint density at radius 3 is 2.52 bits per heavy atom. The molecule has 1 aliphatic heterocycles. The third-order valence-corrected chi connectivity index (χ3v) is 4.11. The molecular formula is C16H13NO3S. The van der Waals surface area contributed by atoms with Gasteiger partial charge in [0.05, 0.1) is 4.92 Å². The zero-order chi connectivity index (χ0) is 14.8. The van der Waals surface area contributed by atoms with Crippen molar-refractivity contribution in [3.8, 4) is 5.75 Å². The van der Waals surface area contributed by atoms with Gasteiger partial charge in [-0.15, -0.1) is 11.8 Å². The molecule has 4 nitrogen and oxygen atoms in total. The lowest BCUT2D eigenvalue weighted by Gasteiger charge is -2.22. The Kier molecular flexibility index (Phi) is 3.66. The van der Waals surface area contributed by atoms with Gasteiger partial charge in [0.2, 0.25) is 6.10 Å². The number of rotatable bonds is 3. The fraction of sp³-hybridized carbons (Fsp3) is 0.125. The van der Waals surface area contributed by atoms with Gasteiger partial charge in [-0.2, -0.15) is 0 Å². The van der Waals surface area contributed by atoms with E-state index in [1.54, 1.807) is 17.8 Å². The Bertz CT molecular complexity index is 710. The highest BCUT2D eigenvalue weighted by atomic mass is 32.2. The lowest BCUT2D eigenvalue weighted by Crippen LogP contribution is -2.19. The second-order valence-corrected chi connectivity index (χ2v) is 5.51. The summed E-state index contributed by atoms with van der Waals surface area (Å²) in [7, 11) is 0. The van der Waals surface area contributed by atoms with Crippen LogP contribution in [0.25, 0.3) is 6.08 Å². The number of nitro groups is 1. The fourth-order valence-electron chi connectivity index (χ4n) is 2.30. The summed E-state index contributed by atoms with van der Waals surface area (Å²) in [5.74, 6) is 0.669. The van der Waals surface area contributed by atoms with E-state index in [1.165, 1.54) is 0 Å². The lowest BCUT2D eigenvalue weighted by atomic mass is 10.0. The first-order chi connectivity index (χ1) is 10.2. The molecule has 1 atom stereocenters. The number of ether oxygens (including phenoxy) is 1. The van der Waals surface area contributed by atoms with E-state index >= 15 is 0 Å². The van der Waals surface area contributed by atoms with Gasteiger partial charge in [0.15, 0.2) is 0 Å². The molecule has 0 aromatic heterocycles. The summed E-state index contributed by atoms with van der Waals surface area (Å²) in [4.78, 5) is 12.1.